The molecule has 0 saturated heterocycles. The van der Waals surface area contributed by atoms with Gasteiger partial charge in [-0.3, -0.25) is 0 Å². The van der Waals surface area contributed by atoms with Crippen LogP contribution in [0.2, 0.25) is 0 Å². The van der Waals surface area contributed by atoms with E-state index in [1.54, 1.807) is 18.4 Å². The summed E-state index contributed by atoms with van der Waals surface area (Å²) >= 11 is 4.02. The monoisotopic (exact) mass is 473 g/mol. The van der Waals surface area contributed by atoms with Crippen LogP contribution in [0.1, 0.15) is 5.56 Å². The van der Waals surface area contributed by atoms with Crippen molar-refractivity contribution in [2.24, 2.45) is 0 Å². The smallest absolute Gasteiger partial charge is 0.162 e. The molecule has 0 radical (unpaired) electrons. The van der Waals surface area contributed by atoms with Crippen LogP contribution in [0.4, 0.5) is 0 Å². The fourth-order valence-corrected chi connectivity index (χ4v) is 4.57. The Kier molecular flexibility index (Phi) is 5.08. The third kappa shape index (κ3) is 3.54. The summed E-state index contributed by atoms with van der Waals surface area (Å²) < 4.78 is 13.8. The summed E-state index contributed by atoms with van der Waals surface area (Å²) in [6.45, 7) is 0.508. The molecule has 1 heterocycles. The van der Waals surface area contributed by atoms with Gasteiger partial charge in [-0.25, -0.2) is 4.98 Å². The van der Waals surface area contributed by atoms with Crippen LogP contribution >= 0.6 is 33.9 Å². The molecule has 0 amide bonds. The predicted molar refractivity (Wildman–Crippen MR) is 115 cm³/mol. The second-order valence-electron chi connectivity index (χ2n) is 5.74. The van der Waals surface area contributed by atoms with Gasteiger partial charge in [0.05, 0.1) is 17.3 Å². The molecule has 0 fully saturated rings. The number of benzene rings is 3. The lowest BCUT2D eigenvalue weighted by Gasteiger charge is -2.13. The fraction of sp³-hybridized carbons (Fsp3) is 0.0952. The Balaban J connectivity index is 1.67. The molecule has 1 aromatic heterocycles. The fourth-order valence-electron chi connectivity index (χ4n) is 2.69. The number of fused-ring (bicyclic) bond motifs is 1. The number of rotatable bonds is 5. The molecule has 5 heteroatoms. The van der Waals surface area contributed by atoms with Crippen LogP contribution in [0, 0.1) is 3.57 Å². The molecule has 130 valence electrons. The van der Waals surface area contributed by atoms with Crippen LogP contribution < -0.4 is 9.47 Å². The average molecular weight is 473 g/mol. The average Bonchev–Trinajstić information content (AvgIpc) is 3.11. The van der Waals surface area contributed by atoms with Crippen molar-refractivity contribution in [1.29, 1.82) is 0 Å². The second kappa shape index (κ2) is 7.63. The number of ether oxygens (including phenoxy) is 2. The quantitative estimate of drug-likeness (QED) is 0.326. The van der Waals surface area contributed by atoms with Gasteiger partial charge in [-0.05, 0) is 52.4 Å². The van der Waals surface area contributed by atoms with E-state index < -0.39 is 0 Å². The molecule has 0 N–H and O–H groups in total. The van der Waals surface area contributed by atoms with Crippen molar-refractivity contribution in [2.75, 3.05) is 7.11 Å². The second-order valence-corrected chi connectivity index (χ2v) is 7.94. The van der Waals surface area contributed by atoms with Crippen molar-refractivity contribution in [3.05, 3.63) is 75.9 Å². The first-order valence-electron chi connectivity index (χ1n) is 8.15. The molecule has 0 bridgehead atoms. The van der Waals surface area contributed by atoms with Gasteiger partial charge in [-0.1, -0.05) is 42.5 Å². The zero-order valence-corrected chi connectivity index (χ0v) is 17.1. The first kappa shape index (κ1) is 17.3. The first-order valence-corrected chi connectivity index (χ1v) is 10.0. The molecule has 0 spiro atoms. The standard InChI is InChI=1S/C21H16INO2S/c1-24-18-11-15(21-23-17-9-5-6-10-20(17)26-21)16(22)12-19(18)25-13-14-7-3-2-4-8-14/h2-12H,13H2,1H3. The zero-order valence-electron chi connectivity index (χ0n) is 14.1. The van der Waals surface area contributed by atoms with Gasteiger partial charge in [-0.2, -0.15) is 0 Å². The minimum absolute atomic E-state index is 0.508. The maximum atomic E-state index is 6.00. The van der Waals surface area contributed by atoms with Gasteiger partial charge in [0, 0.05) is 9.13 Å². The van der Waals surface area contributed by atoms with Crippen molar-refractivity contribution < 1.29 is 9.47 Å². The summed E-state index contributed by atoms with van der Waals surface area (Å²) in [5.74, 6) is 1.46. The highest BCUT2D eigenvalue weighted by molar-refractivity contribution is 14.1. The summed E-state index contributed by atoms with van der Waals surface area (Å²) in [7, 11) is 1.67. The molecule has 0 unspecified atom stereocenters. The summed E-state index contributed by atoms with van der Waals surface area (Å²) in [5.41, 5.74) is 3.21. The highest BCUT2D eigenvalue weighted by Gasteiger charge is 2.15. The van der Waals surface area contributed by atoms with E-state index in [1.165, 1.54) is 4.70 Å². The van der Waals surface area contributed by atoms with Gasteiger partial charge >= 0.3 is 0 Å². The van der Waals surface area contributed by atoms with E-state index >= 15 is 0 Å². The largest absolute Gasteiger partial charge is 0.493 e. The molecule has 26 heavy (non-hydrogen) atoms. The molecule has 0 atom stereocenters. The molecule has 0 saturated carbocycles. The minimum atomic E-state index is 0.508. The Morgan fingerprint density at radius 3 is 2.50 bits per heavy atom. The predicted octanol–water partition coefficient (Wildman–Crippen LogP) is 6.16. The summed E-state index contributed by atoms with van der Waals surface area (Å²) in [4.78, 5) is 4.76. The van der Waals surface area contributed by atoms with E-state index in [-0.39, 0.29) is 0 Å². The SMILES string of the molecule is COc1cc(-c2nc3ccccc3s2)c(I)cc1OCc1ccccc1. The van der Waals surface area contributed by atoms with E-state index in [1.807, 2.05) is 60.7 Å². The van der Waals surface area contributed by atoms with Crippen LogP contribution in [0.15, 0.2) is 66.7 Å². The number of hydrogen-bond donors (Lipinski definition) is 0. The van der Waals surface area contributed by atoms with Gasteiger partial charge < -0.3 is 9.47 Å². The molecular formula is C21H16INO2S. The third-order valence-corrected chi connectivity index (χ3v) is 5.98. The van der Waals surface area contributed by atoms with Gasteiger partial charge in [0.2, 0.25) is 0 Å². The molecule has 0 aliphatic rings. The van der Waals surface area contributed by atoms with Crippen molar-refractivity contribution >= 4 is 44.1 Å². The van der Waals surface area contributed by atoms with Crippen molar-refractivity contribution in [3.8, 4) is 22.1 Å². The van der Waals surface area contributed by atoms with Gasteiger partial charge in [0.15, 0.2) is 11.5 Å². The first-order chi connectivity index (χ1) is 12.7. The highest BCUT2D eigenvalue weighted by atomic mass is 127. The molecule has 3 aromatic carbocycles. The maximum Gasteiger partial charge on any atom is 0.162 e. The lowest BCUT2D eigenvalue weighted by molar-refractivity contribution is 0.284. The van der Waals surface area contributed by atoms with E-state index in [0.29, 0.717) is 6.61 Å². The van der Waals surface area contributed by atoms with Crippen molar-refractivity contribution in [3.63, 3.8) is 0 Å². The summed E-state index contributed by atoms with van der Waals surface area (Å²) in [5, 5.41) is 0.989. The summed E-state index contributed by atoms with van der Waals surface area (Å²) in [6, 6.07) is 22.3. The molecule has 4 rings (SSSR count). The van der Waals surface area contributed by atoms with Crippen LogP contribution in [-0.4, -0.2) is 12.1 Å². The lowest BCUT2D eigenvalue weighted by atomic mass is 10.2. The normalized spacial score (nSPS) is 10.8. The number of hydrogen-bond acceptors (Lipinski definition) is 4. The Labute approximate surface area is 169 Å². The Morgan fingerprint density at radius 1 is 0.962 bits per heavy atom. The number of halogens is 1. The van der Waals surface area contributed by atoms with Crippen LogP contribution in [0.3, 0.4) is 0 Å². The van der Waals surface area contributed by atoms with Crippen molar-refractivity contribution in [2.45, 2.75) is 6.61 Å². The number of methoxy groups -OCH3 is 1. The molecular weight excluding hydrogens is 457 g/mol. The lowest BCUT2D eigenvalue weighted by Crippen LogP contribution is -1.99. The van der Waals surface area contributed by atoms with Gasteiger partial charge in [0.1, 0.15) is 11.6 Å². The number of thiazole rings is 1. The molecule has 3 nitrogen and oxygen atoms in total. The van der Waals surface area contributed by atoms with Gasteiger partial charge in [-0.15, -0.1) is 11.3 Å². The van der Waals surface area contributed by atoms with Gasteiger partial charge in [0.25, 0.3) is 0 Å². The van der Waals surface area contributed by atoms with Crippen LogP contribution in [-0.2, 0) is 6.61 Å². The van der Waals surface area contributed by atoms with Crippen molar-refractivity contribution in [1.82, 2.24) is 4.98 Å². The Bertz CT molecular complexity index is 1010. The summed E-state index contributed by atoms with van der Waals surface area (Å²) in [6.07, 6.45) is 0. The van der Waals surface area contributed by atoms with E-state index in [0.717, 1.165) is 36.7 Å². The molecule has 4 aromatic rings. The zero-order chi connectivity index (χ0) is 17.9. The Morgan fingerprint density at radius 2 is 1.73 bits per heavy atom. The van der Waals surface area contributed by atoms with E-state index in [4.69, 9.17) is 14.5 Å². The van der Waals surface area contributed by atoms with Crippen LogP contribution in [0.5, 0.6) is 11.5 Å². The highest BCUT2D eigenvalue weighted by Crippen LogP contribution is 2.39. The Hall–Kier alpha value is -2.12. The molecule has 0 aliphatic heterocycles. The molecule has 0 aliphatic carbocycles. The minimum Gasteiger partial charge on any atom is -0.493 e. The topological polar surface area (TPSA) is 31.4 Å². The van der Waals surface area contributed by atoms with E-state index in [9.17, 15) is 0 Å². The van der Waals surface area contributed by atoms with E-state index in [2.05, 4.69) is 28.7 Å². The maximum absolute atomic E-state index is 6.00. The number of aromatic nitrogens is 1. The third-order valence-electron chi connectivity index (χ3n) is 4.01. The number of nitrogens with zero attached hydrogens (tertiary/aromatic N) is 1. The van der Waals surface area contributed by atoms with Crippen LogP contribution in [0.25, 0.3) is 20.8 Å². The number of para-hydroxylation sites is 1.